The minimum absolute atomic E-state index is 0.496. The number of aliphatic imine (C=N–C) groups is 1. The second-order valence-electron chi connectivity index (χ2n) is 6.97. The molecule has 0 amide bonds. The van der Waals surface area contributed by atoms with Gasteiger partial charge in [0.25, 0.3) is 0 Å². The van der Waals surface area contributed by atoms with Crippen LogP contribution in [0.25, 0.3) is 43.5 Å². The number of anilines is 1. The summed E-state index contributed by atoms with van der Waals surface area (Å²) in [6.45, 7) is 4.00. The summed E-state index contributed by atoms with van der Waals surface area (Å²) in [6.07, 6.45) is 3.55. The number of hydrogen-bond acceptors (Lipinski definition) is 7. The fraction of sp³-hybridized carbons (Fsp3) is 0.154. The molecule has 0 aliphatic rings. The molecule has 5 aromatic rings. The Morgan fingerprint density at radius 2 is 1.79 bits per heavy atom. The van der Waals surface area contributed by atoms with Gasteiger partial charge in [-0.15, -0.1) is 23.1 Å². The molecule has 0 aliphatic carbocycles. The normalized spacial score (nSPS) is 11.5. The van der Waals surface area contributed by atoms with Gasteiger partial charge in [0.2, 0.25) is 0 Å². The summed E-state index contributed by atoms with van der Waals surface area (Å²) in [7, 11) is 1.83. The Kier molecular flexibility index (Phi) is 7.01. The van der Waals surface area contributed by atoms with Gasteiger partial charge in [-0.25, -0.2) is 15.0 Å². The molecule has 0 fully saturated rings. The first-order chi connectivity index (χ1) is 16.2. The third-order valence-corrected chi connectivity index (χ3v) is 6.89. The molecule has 0 radical (unpaired) electrons. The van der Waals surface area contributed by atoms with E-state index in [0.717, 1.165) is 54.1 Å². The van der Waals surface area contributed by atoms with Gasteiger partial charge in [0.15, 0.2) is 0 Å². The fourth-order valence-electron chi connectivity index (χ4n) is 3.76. The molecule has 3 aromatic heterocycles. The Morgan fingerprint density at radius 1 is 1.00 bits per heavy atom. The van der Waals surface area contributed by atoms with Gasteiger partial charge in [-0.05, 0) is 24.0 Å². The Hall–Kier alpha value is -3.29. The molecule has 2 aromatic carbocycles. The van der Waals surface area contributed by atoms with Crippen LogP contribution in [-0.4, -0.2) is 33.3 Å². The van der Waals surface area contributed by atoms with E-state index in [1.807, 2.05) is 45.4 Å². The van der Waals surface area contributed by atoms with Crippen molar-refractivity contribution in [2.45, 2.75) is 13.8 Å². The van der Waals surface area contributed by atoms with E-state index in [1.165, 1.54) is 6.33 Å². The lowest BCUT2D eigenvalue weighted by Gasteiger charge is -2.12. The predicted molar refractivity (Wildman–Crippen MR) is 145 cm³/mol. The minimum Gasteiger partial charge on any atom is -0.383 e. The van der Waals surface area contributed by atoms with E-state index in [9.17, 15) is 0 Å². The summed E-state index contributed by atoms with van der Waals surface area (Å²) >= 11 is 3.21. The zero-order valence-corrected chi connectivity index (χ0v) is 20.7. The standard InChI is InChI=1S/C24H19N5S2.C2H6/c1-26-23(30-2)17-11-19(14-6-4-3-5-7-14)29-20-10-15(8-9-16(17)20)18-12-31-24-21(18)22(25)27-13-28-24;1-2/h3-13H,1-2H3,(H2,25,27,28);1-2H3. The highest BCUT2D eigenvalue weighted by Crippen LogP contribution is 2.37. The Labute approximate surface area is 201 Å². The molecule has 5 nitrogen and oxygen atoms in total. The van der Waals surface area contributed by atoms with E-state index in [2.05, 4.69) is 56.7 Å². The number of nitrogens with two attached hydrogens (primary N) is 1. The number of nitrogen functional groups attached to an aromatic ring is 1. The van der Waals surface area contributed by atoms with Crippen molar-refractivity contribution in [3.05, 3.63) is 71.9 Å². The predicted octanol–water partition coefficient (Wildman–Crippen LogP) is 6.92. The highest BCUT2D eigenvalue weighted by Gasteiger charge is 2.15. The highest BCUT2D eigenvalue weighted by atomic mass is 32.2. The first-order valence-electron chi connectivity index (χ1n) is 10.7. The van der Waals surface area contributed by atoms with Crippen molar-refractivity contribution in [1.29, 1.82) is 0 Å². The quantitative estimate of drug-likeness (QED) is 0.228. The molecule has 0 saturated carbocycles. The van der Waals surface area contributed by atoms with Gasteiger partial charge in [-0.1, -0.05) is 56.3 Å². The Morgan fingerprint density at radius 3 is 2.52 bits per heavy atom. The molecule has 3 heterocycles. The highest BCUT2D eigenvalue weighted by molar-refractivity contribution is 8.13. The van der Waals surface area contributed by atoms with E-state index in [4.69, 9.17) is 10.7 Å². The third-order valence-electron chi connectivity index (χ3n) is 5.22. The SMILES string of the molecule is CC.CN=C(SC)c1cc(-c2ccccc2)nc2cc(-c3csc4ncnc(N)c34)ccc12. The topological polar surface area (TPSA) is 77.0 Å². The van der Waals surface area contributed by atoms with Crippen molar-refractivity contribution >= 4 is 55.1 Å². The van der Waals surface area contributed by atoms with Crippen LogP contribution in [0.2, 0.25) is 0 Å². The summed E-state index contributed by atoms with van der Waals surface area (Å²) in [6, 6.07) is 18.7. The van der Waals surface area contributed by atoms with Gasteiger partial charge in [0, 0.05) is 34.5 Å². The first-order valence-corrected chi connectivity index (χ1v) is 12.8. The number of nitrogens with zero attached hydrogens (tertiary/aromatic N) is 4. The fourth-order valence-corrected chi connectivity index (χ4v) is 5.26. The summed E-state index contributed by atoms with van der Waals surface area (Å²) in [5, 5.41) is 5.03. The van der Waals surface area contributed by atoms with Crippen LogP contribution in [0.15, 0.2) is 71.3 Å². The van der Waals surface area contributed by atoms with Gasteiger partial charge in [0.05, 0.1) is 21.6 Å². The van der Waals surface area contributed by atoms with Crippen LogP contribution in [-0.2, 0) is 0 Å². The van der Waals surface area contributed by atoms with Crippen LogP contribution in [0, 0.1) is 0 Å². The molecule has 7 heteroatoms. The summed E-state index contributed by atoms with van der Waals surface area (Å²) in [5.41, 5.74) is 12.2. The van der Waals surface area contributed by atoms with Crippen molar-refractivity contribution in [2.75, 3.05) is 19.0 Å². The number of fused-ring (bicyclic) bond motifs is 2. The number of pyridine rings is 1. The van der Waals surface area contributed by atoms with Crippen LogP contribution in [0.1, 0.15) is 19.4 Å². The zero-order valence-electron chi connectivity index (χ0n) is 19.0. The second kappa shape index (κ2) is 10.1. The van der Waals surface area contributed by atoms with Crippen molar-refractivity contribution < 1.29 is 0 Å². The van der Waals surface area contributed by atoms with Gasteiger partial charge in [-0.3, -0.25) is 4.99 Å². The minimum atomic E-state index is 0.496. The van der Waals surface area contributed by atoms with Gasteiger partial charge < -0.3 is 5.73 Å². The maximum Gasteiger partial charge on any atom is 0.136 e. The van der Waals surface area contributed by atoms with E-state index in [-0.39, 0.29) is 0 Å². The van der Waals surface area contributed by atoms with Crippen molar-refractivity contribution in [2.24, 2.45) is 4.99 Å². The monoisotopic (exact) mass is 471 g/mol. The van der Waals surface area contributed by atoms with E-state index >= 15 is 0 Å². The van der Waals surface area contributed by atoms with Crippen LogP contribution < -0.4 is 5.73 Å². The van der Waals surface area contributed by atoms with Crippen molar-refractivity contribution in [1.82, 2.24) is 15.0 Å². The molecular formula is C26H25N5S2. The molecule has 0 atom stereocenters. The van der Waals surface area contributed by atoms with Gasteiger partial charge in [-0.2, -0.15) is 0 Å². The molecule has 0 saturated heterocycles. The summed E-state index contributed by atoms with van der Waals surface area (Å²) < 4.78 is 0. The largest absolute Gasteiger partial charge is 0.383 e. The molecule has 2 N–H and O–H groups in total. The van der Waals surface area contributed by atoms with E-state index in [1.54, 1.807) is 23.1 Å². The average molecular weight is 472 g/mol. The lowest BCUT2D eigenvalue weighted by atomic mass is 10.00. The molecule has 0 unspecified atom stereocenters. The second-order valence-corrected chi connectivity index (χ2v) is 8.63. The van der Waals surface area contributed by atoms with E-state index < -0.39 is 0 Å². The number of thioether (sulfide) groups is 1. The maximum absolute atomic E-state index is 6.17. The number of benzene rings is 2. The van der Waals surface area contributed by atoms with Crippen molar-refractivity contribution in [3.8, 4) is 22.4 Å². The third kappa shape index (κ3) is 4.34. The van der Waals surface area contributed by atoms with Crippen LogP contribution in [0.5, 0.6) is 0 Å². The Bertz CT molecular complexity index is 1440. The number of thiophene rings is 1. The first kappa shape index (κ1) is 22.9. The summed E-state index contributed by atoms with van der Waals surface area (Å²) in [4.78, 5) is 18.9. The Balaban J connectivity index is 0.00000126. The lowest BCUT2D eigenvalue weighted by Crippen LogP contribution is -1.99. The summed E-state index contributed by atoms with van der Waals surface area (Å²) in [5.74, 6) is 0.496. The maximum atomic E-state index is 6.17. The molecule has 0 aliphatic heterocycles. The van der Waals surface area contributed by atoms with Gasteiger partial charge in [0.1, 0.15) is 17.0 Å². The van der Waals surface area contributed by atoms with Crippen LogP contribution >= 0.6 is 23.1 Å². The van der Waals surface area contributed by atoms with Crippen molar-refractivity contribution in [3.63, 3.8) is 0 Å². The number of hydrogen-bond donors (Lipinski definition) is 1. The molecule has 0 spiro atoms. The smallest absolute Gasteiger partial charge is 0.136 e. The van der Waals surface area contributed by atoms with Crippen LogP contribution in [0.3, 0.4) is 0 Å². The van der Waals surface area contributed by atoms with Crippen LogP contribution in [0.4, 0.5) is 5.82 Å². The zero-order chi connectivity index (χ0) is 23.4. The lowest BCUT2D eigenvalue weighted by molar-refractivity contribution is 1.24. The molecule has 33 heavy (non-hydrogen) atoms. The molecule has 5 rings (SSSR count). The van der Waals surface area contributed by atoms with E-state index in [0.29, 0.717) is 5.82 Å². The average Bonchev–Trinajstić information content (AvgIpc) is 3.32. The number of aromatic nitrogens is 3. The van der Waals surface area contributed by atoms with Gasteiger partial charge >= 0.3 is 0 Å². The molecule has 0 bridgehead atoms. The number of rotatable bonds is 3. The molecular weight excluding hydrogens is 446 g/mol. The molecule has 166 valence electrons.